The highest BCUT2D eigenvalue weighted by Gasteiger charge is 2.24. The van der Waals surface area contributed by atoms with Gasteiger partial charge in [0.15, 0.2) is 5.70 Å². The number of cyclic esters (lactones) is 1. The second-order valence-electron chi connectivity index (χ2n) is 6.46. The van der Waals surface area contributed by atoms with Gasteiger partial charge < -0.3 is 9.47 Å². The SMILES string of the molecule is CC(C)COC(=O)c1ccc(/C=C2\N=C(c3cccc(F)c3)OC2=O)cc1. The molecule has 0 amide bonds. The first kappa shape index (κ1) is 18.5. The van der Waals surface area contributed by atoms with Crippen LogP contribution in [-0.2, 0) is 14.3 Å². The Morgan fingerprint density at radius 2 is 1.96 bits per heavy atom. The van der Waals surface area contributed by atoms with Crippen LogP contribution in [0.3, 0.4) is 0 Å². The van der Waals surface area contributed by atoms with E-state index in [1.54, 1.807) is 30.3 Å². The summed E-state index contributed by atoms with van der Waals surface area (Å²) in [5.41, 5.74) is 1.58. The first-order valence-corrected chi connectivity index (χ1v) is 8.48. The molecule has 1 heterocycles. The largest absolute Gasteiger partial charge is 0.462 e. The number of ether oxygens (including phenoxy) is 2. The summed E-state index contributed by atoms with van der Waals surface area (Å²) in [6.45, 7) is 4.28. The van der Waals surface area contributed by atoms with Gasteiger partial charge in [0.25, 0.3) is 0 Å². The Balaban J connectivity index is 1.76. The van der Waals surface area contributed by atoms with E-state index in [1.165, 1.54) is 24.3 Å². The van der Waals surface area contributed by atoms with Crippen molar-refractivity contribution in [3.05, 3.63) is 76.7 Å². The second-order valence-corrected chi connectivity index (χ2v) is 6.46. The summed E-state index contributed by atoms with van der Waals surface area (Å²) in [7, 11) is 0. The van der Waals surface area contributed by atoms with Crippen LogP contribution in [-0.4, -0.2) is 24.4 Å². The molecule has 6 heteroatoms. The molecule has 0 aliphatic carbocycles. The van der Waals surface area contributed by atoms with Crippen LogP contribution in [0, 0.1) is 11.7 Å². The predicted octanol–water partition coefficient (Wildman–Crippen LogP) is 3.98. The highest BCUT2D eigenvalue weighted by molar-refractivity contribution is 6.12. The fourth-order valence-corrected chi connectivity index (χ4v) is 2.35. The summed E-state index contributed by atoms with van der Waals surface area (Å²) in [5, 5.41) is 0. The molecule has 27 heavy (non-hydrogen) atoms. The zero-order chi connectivity index (χ0) is 19.4. The Labute approximate surface area is 156 Å². The molecule has 0 N–H and O–H groups in total. The third-order valence-electron chi connectivity index (χ3n) is 3.69. The number of aliphatic imine (C=N–C) groups is 1. The lowest BCUT2D eigenvalue weighted by Crippen LogP contribution is -2.10. The van der Waals surface area contributed by atoms with Crippen molar-refractivity contribution in [1.29, 1.82) is 0 Å². The normalized spacial score (nSPS) is 15.0. The first-order chi connectivity index (χ1) is 12.9. The fourth-order valence-electron chi connectivity index (χ4n) is 2.35. The van der Waals surface area contributed by atoms with Crippen molar-refractivity contribution in [3.63, 3.8) is 0 Å². The van der Waals surface area contributed by atoms with Gasteiger partial charge in [-0.2, -0.15) is 0 Å². The molecule has 1 aliphatic heterocycles. The Morgan fingerprint density at radius 3 is 2.63 bits per heavy atom. The van der Waals surface area contributed by atoms with Crippen molar-refractivity contribution < 1.29 is 23.5 Å². The molecule has 1 aliphatic rings. The minimum Gasteiger partial charge on any atom is -0.462 e. The Morgan fingerprint density at radius 1 is 1.22 bits per heavy atom. The maximum absolute atomic E-state index is 13.3. The van der Waals surface area contributed by atoms with Crippen molar-refractivity contribution >= 4 is 23.9 Å². The standard InChI is InChI=1S/C21H18FNO4/c1-13(2)12-26-20(24)15-8-6-14(7-9-15)10-18-21(25)27-19(23-18)16-4-3-5-17(22)11-16/h3-11,13H,12H2,1-2H3/b18-10-. The minimum absolute atomic E-state index is 0.0552. The van der Waals surface area contributed by atoms with Crippen LogP contribution in [0.25, 0.3) is 6.08 Å². The third kappa shape index (κ3) is 4.67. The van der Waals surface area contributed by atoms with Gasteiger partial charge in [0.1, 0.15) is 5.82 Å². The summed E-state index contributed by atoms with van der Waals surface area (Å²) in [6.07, 6.45) is 1.54. The summed E-state index contributed by atoms with van der Waals surface area (Å²) >= 11 is 0. The van der Waals surface area contributed by atoms with Gasteiger partial charge in [0, 0.05) is 5.56 Å². The highest BCUT2D eigenvalue weighted by atomic mass is 19.1. The number of benzene rings is 2. The van der Waals surface area contributed by atoms with Crippen LogP contribution in [0.4, 0.5) is 4.39 Å². The average Bonchev–Trinajstić information content (AvgIpc) is 3.01. The van der Waals surface area contributed by atoms with Gasteiger partial charge in [-0.05, 0) is 47.9 Å². The molecule has 2 aromatic carbocycles. The quantitative estimate of drug-likeness (QED) is 0.592. The molecule has 0 aromatic heterocycles. The van der Waals surface area contributed by atoms with E-state index in [0.717, 1.165) is 0 Å². The van der Waals surface area contributed by atoms with Gasteiger partial charge in [0.05, 0.1) is 12.2 Å². The summed E-state index contributed by atoms with van der Waals surface area (Å²) in [5.74, 6) is -1.14. The molecule has 2 aromatic rings. The highest BCUT2D eigenvalue weighted by Crippen LogP contribution is 2.20. The van der Waals surface area contributed by atoms with Gasteiger partial charge in [-0.3, -0.25) is 0 Å². The van der Waals surface area contributed by atoms with E-state index >= 15 is 0 Å². The van der Waals surface area contributed by atoms with Gasteiger partial charge >= 0.3 is 11.9 Å². The lowest BCUT2D eigenvalue weighted by Gasteiger charge is -2.07. The minimum atomic E-state index is -0.616. The van der Waals surface area contributed by atoms with Crippen molar-refractivity contribution in [2.24, 2.45) is 10.9 Å². The number of esters is 2. The van der Waals surface area contributed by atoms with Gasteiger partial charge in [-0.25, -0.2) is 19.0 Å². The number of halogens is 1. The van der Waals surface area contributed by atoms with Crippen LogP contribution in [0.1, 0.15) is 35.3 Å². The Kier molecular flexibility index (Phi) is 5.45. The maximum atomic E-state index is 13.3. The molecular weight excluding hydrogens is 349 g/mol. The molecular formula is C21H18FNO4. The topological polar surface area (TPSA) is 65.0 Å². The molecule has 5 nitrogen and oxygen atoms in total. The van der Waals surface area contributed by atoms with E-state index in [4.69, 9.17) is 9.47 Å². The molecule has 0 fully saturated rings. The monoisotopic (exact) mass is 367 g/mol. The fraction of sp³-hybridized carbons (Fsp3) is 0.190. The first-order valence-electron chi connectivity index (χ1n) is 8.48. The maximum Gasteiger partial charge on any atom is 0.363 e. The van der Waals surface area contributed by atoms with Crippen LogP contribution in [0.5, 0.6) is 0 Å². The van der Waals surface area contributed by atoms with E-state index in [1.807, 2.05) is 13.8 Å². The van der Waals surface area contributed by atoms with E-state index in [9.17, 15) is 14.0 Å². The van der Waals surface area contributed by atoms with Crippen LogP contribution < -0.4 is 0 Å². The summed E-state index contributed by atoms with van der Waals surface area (Å²) < 4.78 is 23.6. The predicted molar refractivity (Wildman–Crippen MR) is 98.6 cm³/mol. The molecule has 138 valence electrons. The lowest BCUT2D eigenvalue weighted by atomic mass is 10.1. The Hall–Kier alpha value is -3.28. The van der Waals surface area contributed by atoms with Crippen molar-refractivity contribution in [2.75, 3.05) is 6.61 Å². The van der Waals surface area contributed by atoms with Gasteiger partial charge in [-0.15, -0.1) is 0 Å². The number of nitrogens with zero attached hydrogens (tertiary/aromatic N) is 1. The molecule has 0 bridgehead atoms. The van der Waals surface area contributed by atoms with Crippen molar-refractivity contribution in [3.8, 4) is 0 Å². The molecule has 0 atom stereocenters. The number of rotatable bonds is 5. The van der Waals surface area contributed by atoms with Crippen molar-refractivity contribution in [2.45, 2.75) is 13.8 Å². The number of carbonyl (C=O) groups excluding carboxylic acids is 2. The molecule has 0 saturated carbocycles. The van der Waals surface area contributed by atoms with Crippen molar-refractivity contribution in [1.82, 2.24) is 0 Å². The van der Waals surface area contributed by atoms with E-state index in [-0.39, 0.29) is 17.5 Å². The number of hydrogen-bond donors (Lipinski definition) is 0. The summed E-state index contributed by atoms with van der Waals surface area (Å²) in [6, 6.07) is 12.3. The summed E-state index contributed by atoms with van der Waals surface area (Å²) in [4.78, 5) is 28.0. The Bertz CT molecular complexity index is 929. The van der Waals surface area contributed by atoms with Crippen LogP contribution >= 0.6 is 0 Å². The molecule has 0 unspecified atom stereocenters. The second kappa shape index (κ2) is 7.95. The molecule has 3 rings (SSSR count). The lowest BCUT2D eigenvalue weighted by molar-refractivity contribution is -0.129. The van der Waals surface area contributed by atoms with Gasteiger partial charge in [-0.1, -0.05) is 32.0 Å². The third-order valence-corrected chi connectivity index (χ3v) is 3.69. The molecule has 0 spiro atoms. The number of carbonyl (C=O) groups is 2. The van der Waals surface area contributed by atoms with Crippen LogP contribution in [0.15, 0.2) is 59.2 Å². The van der Waals surface area contributed by atoms with Gasteiger partial charge in [0.2, 0.25) is 5.90 Å². The average molecular weight is 367 g/mol. The van der Waals surface area contributed by atoms with E-state index in [2.05, 4.69) is 4.99 Å². The van der Waals surface area contributed by atoms with Crippen LogP contribution in [0.2, 0.25) is 0 Å². The zero-order valence-corrected chi connectivity index (χ0v) is 14.9. The number of hydrogen-bond acceptors (Lipinski definition) is 5. The van der Waals surface area contributed by atoms with E-state index < -0.39 is 17.8 Å². The molecule has 0 radical (unpaired) electrons. The molecule has 0 saturated heterocycles. The van der Waals surface area contributed by atoms with E-state index in [0.29, 0.717) is 23.3 Å². The smallest absolute Gasteiger partial charge is 0.363 e. The zero-order valence-electron chi connectivity index (χ0n) is 14.9.